The largest absolute Gasteiger partial charge is 0.544 e. The molecule has 0 aromatic heterocycles. The molecule has 1 aromatic rings. The number of rotatable bonds is 6. The van der Waals surface area contributed by atoms with Crippen LogP contribution < -0.4 is 5.11 Å². The molecule has 0 spiro atoms. The maximum absolute atomic E-state index is 13.8. The highest BCUT2D eigenvalue weighted by Crippen LogP contribution is 2.29. The van der Waals surface area contributed by atoms with Crippen LogP contribution in [0.1, 0.15) is 30.6 Å². The van der Waals surface area contributed by atoms with Gasteiger partial charge in [-0.15, -0.1) is 0 Å². The molecule has 1 aromatic carbocycles. The second kappa shape index (κ2) is 8.54. The predicted molar refractivity (Wildman–Crippen MR) is 103 cm³/mol. The van der Waals surface area contributed by atoms with Crippen molar-refractivity contribution in [2.24, 2.45) is 5.92 Å². The number of carbonyl (C=O) groups is 2. The van der Waals surface area contributed by atoms with Gasteiger partial charge in [0, 0.05) is 10.7 Å². The Morgan fingerprint density at radius 3 is 2.30 bits per heavy atom. The van der Waals surface area contributed by atoms with Crippen LogP contribution in [0, 0.1) is 16.6 Å². The maximum atomic E-state index is 13.8. The topological polar surface area (TPSA) is 66.4 Å². The molecule has 0 heterocycles. The molecule has 9 heteroatoms. The van der Waals surface area contributed by atoms with Crippen LogP contribution in [0.25, 0.3) is 0 Å². The van der Waals surface area contributed by atoms with Gasteiger partial charge >= 0.3 is 11.9 Å². The van der Waals surface area contributed by atoms with E-state index >= 15 is 0 Å². The summed E-state index contributed by atoms with van der Waals surface area (Å²) < 4.78 is 34.4. The minimum atomic E-state index is -4.25. The molecule has 0 aliphatic carbocycles. The van der Waals surface area contributed by atoms with Crippen LogP contribution >= 0.6 is 67.8 Å². The minimum Gasteiger partial charge on any atom is -0.544 e. The lowest BCUT2D eigenvalue weighted by atomic mass is 10.0. The Hall–Kier alpha value is 0.210. The standard InChI is InChI=1S/C14H13F2I3O4/c1-6(2)3-10(14(15,16)13(21)22)23-12(20)8-4-7(17)5-9(18)11(8)19/h4-6,10H,3H2,1-2H3,(H,21,22)/p-1. The summed E-state index contributed by atoms with van der Waals surface area (Å²) >= 11 is 5.93. The number of carbonyl (C=O) groups excluding carboxylic acids is 2. The van der Waals surface area contributed by atoms with Crippen molar-refractivity contribution in [1.82, 2.24) is 0 Å². The first-order chi connectivity index (χ1) is 10.5. The van der Waals surface area contributed by atoms with Gasteiger partial charge < -0.3 is 14.6 Å². The van der Waals surface area contributed by atoms with Crippen LogP contribution in [0.15, 0.2) is 12.1 Å². The van der Waals surface area contributed by atoms with Crippen molar-refractivity contribution < 1.29 is 28.2 Å². The summed E-state index contributed by atoms with van der Waals surface area (Å²) in [6.45, 7) is 3.26. The van der Waals surface area contributed by atoms with Gasteiger partial charge in [-0.25, -0.2) is 4.79 Å². The van der Waals surface area contributed by atoms with Gasteiger partial charge in [-0.05, 0) is 92.2 Å². The van der Waals surface area contributed by atoms with Gasteiger partial charge in [0.2, 0.25) is 0 Å². The summed E-state index contributed by atoms with van der Waals surface area (Å²) in [5.74, 6) is -8.06. The van der Waals surface area contributed by atoms with Crippen LogP contribution in [-0.4, -0.2) is 24.0 Å². The fraction of sp³-hybridized carbons (Fsp3) is 0.429. The molecule has 0 bridgehead atoms. The molecule has 23 heavy (non-hydrogen) atoms. The molecule has 1 rings (SSSR count). The van der Waals surface area contributed by atoms with E-state index in [4.69, 9.17) is 4.74 Å². The molecule has 1 unspecified atom stereocenters. The number of ether oxygens (including phenoxy) is 1. The van der Waals surface area contributed by atoms with E-state index in [2.05, 4.69) is 0 Å². The highest BCUT2D eigenvalue weighted by molar-refractivity contribution is 14.1. The summed E-state index contributed by atoms with van der Waals surface area (Å²) in [6, 6.07) is 3.33. The predicted octanol–water partition coefficient (Wildman–Crippen LogP) is 3.46. The lowest BCUT2D eigenvalue weighted by Crippen LogP contribution is -2.51. The molecule has 1 atom stereocenters. The molecule has 0 saturated carbocycles. The second-order valence-electron chi connectivity index (χ2n) is 5.18. The molecule has 0 N–H and O–H groups in total. The summed E-state index contributed by atoms with van der Waals surface area (Å²) in [7, 11) is 0. The van der Waals surface area contributed by atoms with Crippen LogP contribution in [0.4, 0.5) is 8.78 Å². The molecule has 0 amide bonds. The normalized spacial score (nSPS) is 13.0. The SMILES string of the molecule is CC(C)CC(OC(=O)c1cc(I)cc(I)c1I)C(F)(F)C(=O)[O-]. The Bertz CT molecular complexity index is 620. The monoisotopic (exact) mass is 663 g/mol. The molecule has 0 fully saturated rings. The van der Waals surface area contributed by atoms with Gasteiger partial charge in [0.15, 0.2) is 6.10 Å². The smallest absolute Gasteiger partial charge is 0.339 e. The third-order valence-corrected chi connectivity index (χ3v) is 6.49. The minimum absolute atomic E-state index is 0.129. The van der Waals surface area contributed by atoms with E-state index in [1.165, 1.54) is 6.07 Å². The van der Waals surface area contributed by atoms with E-state index in [1.54, 1.807) is 13.8 Å². The number of carboxylic acids is 1. The third kappa shape index (κ3) is 5.61. The van der Waals surface area contributed by atoms with Crippen molar-refractivity contribution in [1.29, 1.82) is 0 Å². The van der Waals surface area contributed by atoms with E-state index in [1.807, 2.05) is 73.8 Å². The van der Waals surface area contributed by atoms with E-state index in [9.17, 15) is 23.5 Å². The lowest BCUT2D eigenvalue weighted by Gasteiger charge is -2.28. The van der Waals surface area contributed by atoms with Gasteiger partial charge in [-0.1, -0.05) is 13.8 Å². The van der Waals surface area contributed by atoms with E-state index in [0.29, 0.717) is 3.57 Å². The number of aliphatic carboxylic acids is 1. The van der Waals surface area contributed by atoms with Crippen molar-refractivity contribution >= 4 is 79.7 Å². The fourth-order valence-corrected chi connectivity index (χ4v) is 4.10. The Balaban J connectivity index is 3.14. The highest BCUT2D eigenvalue weighted by Gasteiger charge is 2.44. The zero-order valence-corrected chi connectivity index (χ0v) is 18.5. The Labute approximate surface area is 173 Å². The maximum Gasteiger partial charge on any atom is 0.339 e. The number of esters is 1. The van der Waals surface area contributed by atoms with Gasteiger partial charge in [-0.2, -0.15) is 8.78 Å². The van der Waals surface area contributed by atoms with Gasteiger partial charge in [-0.3, -0.25) is 0 Å². The number of hydrogen-bond acceptors (Lipinski definition) is 4. The first-order valence-corrected chi connectivity index (χ1v) is 9.65. The molecule has 0 aliphatic rings. The average molecular weight is 663 g/mol. The summed E-state index contributed by atoms with van der Waals surface area (Å²) in [6.07, 6.45) is -2.36. The van der Waals surface area contributed by atoms with Crippen molar-refractivity contribution in [2.75, 3.05) is 0 Å². The van der Waals surface area contributed by atoms with Crippen molar-refractivity contribution in [3.63, 3.8) is 0 Å². The molecule has 128 valence electrons. The number of hydrogen-bond donors (Lipinski definition) is 0. The Morgan fingerprint density at radius 1 is 1.26 bits per heavy atom. The summed E-state index contributed by atoms with van der Waals surface area (Å²) in [4.78, 5) is 22.9. The highest BCUT2D eigenvalue weighted by atomic mass is 127. The molecule has 0 radical (unpaired) electrons. The summed E-state index contributed by atoms with van der Waals surface area (Å²) in [5, 5.41) is 10.7. The van der Waals surface area contributed by atoms with Crippen LogP contribution in [0.3, 0.4) is 0 Å². The third-order valence-electron chi connectivity index (χ3n) is 2.82. The van der Waals surface area contributed by atoms with E-state index in [-0.39, 0.29) is 17.9 Å². The van der Waals surface area contributed by atoms with Crippen LogP contribution in [0.2, 0.25) is 0 Å². The van der Waals surface area contributed by atoms with E-state index in [0.717, 1.165) is 7.14 Å². The van der Waals surface area contributed by atoms with Gasteiger partial charge in [0.25, 0.3) is 0 Å². The van der Waals surface area contributed by atoms with Gasteiger partial charge in [0.05, 0.1) is 5.56 Å². The summed E-state index contributed by atoms with van der Waals surface area (Å²) in [5.41, 5.74) is 0.129. The Kier molecular flexibility index (Phi) is 7.89. The Morgan fingerprint density at radius 2 is 1.83 bits per heavy atom. The second-order valence-corrected chi connectivity index (χ2v) is 8.67. The number of halogens is 5. The van der Waals surface area contributed by atoms with Crippen molar-refractivity contribution in [3.05, 3.63) is 28.4 Å². The lowest BCUT2D eigenvalue weighted by molar-refractivity contribution is -0.336. The number of carboxylic acid groups (broad SMARTS) is 1. The molecule has 4 nitrogen and oxygen atoms in total. The molecular formula is C14H12F2I3O4-. The average Bonchev–Trinajstić information content (AvgIpc) is 2.41. The zero-order chi connectivity index (χ0) is 17.9. The van der Waals surface area contributed by atoms with Crippen molar-refractivity contribution in [2.45, 2.75) is 32.3 Å². The van der Waals surface area contributed by atoms with Crippen LogP contribution in [0.5, 0.6) is 0 Å². The van der Waals surface area contributed by atoms with Gasteiger partial charge in [0.1, 0.15) is 5.97 Å². The molecular weight excluding hydrogens is 651 g/mol. The number of benzene rings is 1. The first-order valence-electron chi connectivity index (χ1n) is 6.41. The molecule has 0 aliphatic heterocycles. The van der Waals surface area contributed by atoms with Crippen LogP contribution in [-0.2, 0) is 9.53 Å². The number of alkyl halides is 2. The molecule has 0 saturated heterocycles. The van der Waals surface area contributed by atoms with E-state index < -0.39 is 24.0 Å². The van der Waals surface area contributed by atoms with Crippen molar-refractivity contribution in [3.8, 4) is 0 Å². The quantitative estimate of drug-likeness (QED) is 0.266. The fourth-order valence-electron chi connectivity index (χ4n) is 1.73. The zero-order valence-electron chi connectivity index (χ0n) is 12.0. The first kappa shape index (κ1) is 21.3.